The summed E-state index contributed by atoms with van der Waals surface area (Å²) in [6.45, 7) is 0.817. The first-order valence-corrected chi connectivity index (χ1v) is 10.1. The topological polar surface area (TPSA) is 46.5 Å². The fraction of sp³-hybridized carbons (Fsp3) is 0.458. The van der Waals surface area contributed by atoms with E-state index in [1.165, 1.54) is 37.7 Å². The maximum Gasteiger partial charge on any atom is 0.293 e. The maximum absolute atomic E-state index is 11.3. The Kier molecular flexibility index (Phi) is 5.31. The Morgan fingerprint density at radius 3 is 1.89 bits per heavy atom. The van der Waals surface area contributed by atoms with E-state index in [-0.39, 0.29) is 0 Å². The lowest BCUT2D eigenvalue weighted by molar-refractivity contribution is -0.179. The minimum Gasteiger partial charge on any atom is -0.463 e. The third-order valence-corrected chi connectivity index (χ3v) is 6.78. The molecule has 4 saturated carbocycles. The van der Waals surface area contributed by atoms with Crippen molar-refractivity contribution in [3.63, 3.8) is 0 Å². The van der Waals surface area contributed by atoms with Gasteiger partial charge in [-0.2, -0.15) is 0 Å². The van der Waals surface area contributed by atoms with E-state index in [4.69, 9.17) is 0 Å². The summed E-state index contributed by atoms with van der Waals surface area (Å²) in [4.78, 5) is 9.76. The van der Waals surface area contributed by atoms with Gasteiger partial charge in [-0.05, 0) is 66.9 Å². The molecule has 4 fully saturated rings. The molecule has 0 unspecified atom stereocenters. The Balaban J connectivity index is 0.000000155. The number of aliphatic hydroxyl groups is 1. The molecule has 142 valence electrons. The van der Waals surface area contributed by atoms with E-state index >= 15 is 0 Å². The summed E-state index contributed by atoms with van der Waals surface area (Å²) in [5.74, 6) is 2.89. The van der Waals surface area contributed by atoms with E-state index in [0.717, 1.165) is 17.4 Å². The van der Waals surface area contributed by atoms with Crippen LogP contribution in [0.5, 0.6) is 0 Å². The molecular weight excluding hydrogens is 336 g/mol. The molecule has 27 heavy (non-hydrogen) atoms. The zero-order chi connectivity index (χ0) is 18.7. The number of benzene rings is 2. The summed E-state index contributed by atoms with van der Waals surface area (Å²) in [5.41, 5.74) is 1.68. The standard InChI is InChI=1S/C16H20O.C8H8O2/c17-16(13-4-2-1-3-5-13)14-7-11-6-12(9-14)10-15(16)8-11;9-7-10-6-8-4-2-1-3-5-8/h1-5,11-12,14-15,17H,6-10H2;1-5,7H,6H2. The van der Waals surface area contributed by atoms with Crippen LogP contribution in [0.1, 0.15) is 43.2 Å². The number of hydrogen-bond donors (Lipinski definition) is 1. The monoisotopic (exact) mass is 364 g/mol. The summed E-state index contributed by atoms with van der Waals surface area (Å²) in [5, 5.41) is 11.3. The highest BCUT2D eigenvalue weighted by molar-refractivity contribution is 5.37. The summed E-state index contributed by atoms with van der Waals surface area (Å²) in [6, 6.07) is 20.0. The molecule has 4 bridgehead atoms. The van der Waals surface area contributed by atoms with E-state index in [1.54, 1.807) is 0 Å². The van der Waals surface area contributed by atoms with Crippen LogP contribution >= 0.6 is 0 Å². The van der Waals surface area contributed by atoms with Crippen LogP contribution in [0.25, 0.3) is 0 Å². The van der Waals surface area contributed by atoms with E-state index in [1.807, 2.05) is 36.4 Å². The van der Waals surface area contributed by atoms with Crippen molar-refractivity contribution in [2.24, 2.45) is 23.7 Å². The molecule has 4 aliphatic carbocycles. The second-order valence-electron chi connectivity index (χ2n) is 8.39. The molecule has 0 radical (unpaired) electrons. The number of carbonyl (C=O) groups excluding carboxylic acids is 1. The lowest BCUT2D eigenvalue weighted by atomic mass is 9.48. The molecule has 1 N–H and O–H groups in total. The van der Waals surface area contributed by atoms with E-state index in [2.05, 4.69) is 29.0 Å². The summed E-state index contributed by atoms with van der Waals surface area (Å²) in [6.07, 6.45) is 6.49. The van der Waals surface area contributed by atoms with Gasteiger partial charge in [-0.15, -0.1) is 0 Å². The number of carbonyl (C=O) groups is 1. The number of ether oxygens (including phenoxy) is 1. The highest BCUT2D eigenvalue weighted by Gasteiger charge is 2.57. The fourth-order valence-electron chi connectivity index (χ4n) is 5.78. The Morgan fingerprint density at radius 1 is 0.852 bits per heavy atom. The van der Waals surface area contributed by atoms with Crippen LogP contribution in [0.15, 0.2) is 60.7 Å². The molecule has 6 rings (SSSR count). The second kappa shape index (κ2) is 7.85. The van der Waals surface area contributed by atoms with Gasteiger partial charge in [-0.3, -0.25) is 4.79 Å². The van der Waals surface area contributed by atoms with Gasteiger partial charge in [0.2, 0.25) is 0 Å². The van der Waals surface area contributed by atoms with E-state index < -0.39 is 5.60 Å². The molecule has 0 aromatic heterocycles. The third-order valence-electron chi connectivity index (χ3n) is 6.78. The lowest BCUT2D eigenvalue weighted by Crippen LogP contribution is -2.55. The van der Waals surface area contributed by atoms with Crippen molar-refractivity contribution in [2.75, 3.05) is 0 Å². The SMILES string of the molecule is O=COCc1ccccc1.OC1(c2ccccc2)C2CC3CC(C2)CC1C3. The Hall–Kier alpha value is -2.13. The first kappa shape index (κ1) is 18.2. The first-order valence-electron chi connectivity index (χ1n) is 10.1. The molecule has 2 aromatic rings. The van der Waals surface area contributed by atoms with Crippen molar-refractivity contribution in [3.05, 3.63) is 71.8 Å². The van der Waals surface area contributed by atoms with Crippen molar-refractivity contribution < 1.29 is 14.6 Å². The lowest BCUT2D eigenvalue weighted by Gasteiger charge is -2.59. The van der Waals surface area contributed by atoms with Crippen LogP contribution in [0.3, 0.4) is 0 Å². The van der Waals surface area contributed by atoms with Crippen molar-refractivity contribution in [2.45, 2.75) is 44.3 Å². The van der Waals surface area contributed by atoms with E-state index in [0.29, 0.717) is 24.9 Å². The normalized spacial score (nSPS) is 33.1. The van der Waals surface area contributed by atoms with Crippen LogP contribution in [0, 0.1) is 23.7 Å². The summed E-state index contributed by atoms with van der Waals surface area (Å²) in [7, 11) is 0. The van der Waals surface area contributed by atoms with Crippen LogP contribution in [-0.2, 0) is 21.7 Å². The average Bonchev–Trinajstić information content (AvgIpc) is 2.72. The molecule has 3 nitrogen and oxygen atoms in total. The minimum atomic E-state index is -0.505. The minimum absolute atomic E-state index is 0.365. The predicted octanol–water partition coefficient (Wildman–Crippen LogP) is 4.69. The van der Waals surface area contributed by atoms with Crippen LogP contribution in [-0.4, -0.2) is 11.6 Å². The van der Waals surface area contributed by atoms with Crippen molar-refractivity contribution in [1.82, 2.24) is 0 Å². The zero-order valence-electron chi connectivity index (χ0n) is 15.7. The molecule has 0 heterocycles. The summed E-state index contributed by atoms with van der Waals surface area (Å²) < 4.78 is 4.54. The maximum atomic E-state index is 11.3. The molecule has 0 aliphatic heterocycles. The number of hydrogen-bond acceptors (Lipinski definition) is 3. The quantitative estimate of drug-likeness (QED) is 0.801. The third kappa shape index (κ3) is 3.66. The van der Waals surface area contributed by atoms with Gasteiger partial charge in [0.15, 0.2) is 0 Å². The zero-order valence-corrected chi connectivity index (χ0v) is 15.7. The fourth-order valence-corrected chi connectivity index (χ4v) is 5.78. The Morgan fingerprint density at radius 2 is 1.37 bits per heavy atom. The number of rotatable bonds is 4. The molecule has 0 atom stereocenters. The van der Waals surface area contributed by atoms with Gasteiger partial charge >= 0.3 is 0 Å². The van der Waals surface area contributed by atoms with Crippen molar-refractivity contribution in [1.29, 1.82) is 0 Å². The van der Waals surface area contributed by atoms with Crippen molar-refractivity contribution >= 4 is 6.47 Å². The van der Waals surface area contributed by atoms with Crippen LogP contribution < -0.4 is 0 Å². The predicted molar refractivity (Wildman–Crippen MR) is 105 cm³/mol. The van der Waals surface area contributed by atoms with Gasteiger partial charge < -0.3 is 9.84 Å². The molecule has 0 amide bonds. The molecule has 2 aromatic carbocycles. The van der Waals surface area contributed by atoms with Gasteiger partial charge in [0, 0.05) is 0 Å². The largest absolute Gasteiger partial charge is 0.463 e. The van der Waals surface area contributed by atoms with E-state index in [9.17, 15) is 9.90 Å². The first-order chi connectivity index (χ1) is 13.2. The smallest absolute Gasteiger partial charge is 0.293 e. The van der Waals surface area contributed by atoms with Crippen LogP contribution in [0.4, 0.5) is 0 Å². The van der Waals surface area contributed by atoms with Crippen molar-refractivity contribution in [3.8, 4) is 0 Å². The van der Waals surface area contributed by atoms with Gasteiger partial charge in [0.05, 0.1) is 5.60 Å². The molecule has 0 spiro atoms. The van der Waals surface area contributed by atoms with Crippen LogP contribution in [0.2, 0.25) is 0 Å². The highest BCUT2D eigenvalue weighted by atomic mass is 16.5. The highest BCUT2D eigenvalue weighted by Crippen LogP contribution is 2.61. The molecule has 4 aliphatic rings. The molecular formula is C24H28O3. The molecule has 3 heteroatoms. The molecule has 0 saturated heterocycles. The average molecular weight is 364 g/mol. The summed E-state index contributed by atoms with van der Waals surface area (Å²) >= 11 is 0. The Bertz CT molecular complexity index is 713. The Labute approximate surface area is 161 Å². The van der Waals surface area contributed by atoms with Gasteiger partial charge in [0.1, 0.15) is 6.61 Å². The second-order valence-corrected chi connectivity index (χ2v) is 8.39. The van der Waals surface area contributed by atoms with Gasteiger partial charge in [-0.1, -0.05) is 60.7 Å². The van der Waals surface area contributed by atoms with Gasteiger partial charge in [0.25, 0.3) is 6.47 Å². The van der Waals surface area contributed by atoms with Gasteiger partial charge in [-0.25, -0.2) is 0 Å².